The highest BCUT2D eigenvalue weighted by atomic mass is 35.5. The van der Waals surface area contributed by atoms with E-state index in [1.165, 1.54) is 18.5 Å². The van der Waals surface area contributed by atoms with Gasteiger partial charge in [-0.1, -0.05) is 12.8 Å². The molecule has 0 saturated heterocycles. The van der Waals surface area contributed by atoms with Crippen molar-refractivity contribution in [2.75, 3.05) is 20.7 Å². The molecule has 120 valence electrons. The molecule has 1 aliphatic rings. The summed E-state index contributed by atoms with van der Waals surface area (Å²) in [5.41, 5.74) is 5.52. The number of rotatable bonds is 5. The fourth-order valence-corrected chi connectivity index (χ4v) is 4.63. The largest absolute Gasteiger partial charge is 0.469 e. The van der Waals surface area contributed by atoms with Crippen molar-refractivity contribution in [3.63, 3.8) is 0 Å². The van der Waals surface area contributed by atoms with Crippen molar-refractivity contribution in [3.8, 4) is 0 Å². The van der Waals surface area contributed by atoms with Gasteiger partial charge in [-0.25, -0.2) is 12.7 Å². The first kappa shape index (κ1) is 19.6. The van der Waals surface area contributed by atoms with Crippen molar-refractivity contribution in [2.24, 2.45) is 11.7 Å². The van der Waals surface area contributed by atoms with E-state index in [2.05, 4.69) is 0 Å². The van der Waals surface area contributed by atoms with Gasteiger partial charge >= 0.3 is 5.97 Å². The summed E-state index contributed by atoms with van der Waals surface area (Å²) in [6, 6.07) is -0.273. The van der Waals surface area contributed by atoms with Crippen LogP contribution in [0.15, 0.2) is 0 Å². The Morgan fingerprint density at radius 3 is 2.45 bits per heavy atom. The highest BCUT2D eigenvalue weighted by Gasteiger charge is 2.42. The van der Waals surface area contributed by atoms with Crippen LogP contribution in [0.25, 0.3) is 0 Å². The van der Waals surface area contributed by atoms with Gasteiger partial charge in [0.2, 0.25) is 10.0 Å². The van der Waals surface area contributed by atoms with Gasteiger partial charge in [-0.15, -0.1) is 12.4 Å². The molecule has 6 nitrogen and oxygen atoms in total. The minimum Gasteiger partial charge on any atom is -0.469 e. The molecule has 0 aromatic carbocycles. The summed E-state index contributed by atoms with van der Waals surface area (Å²) in [6.45, 7) is 2.01. The minimum absolute atomic E-state index is 0. The quantitative estimate of drug-likeness (QED) is 0.752. The summed E-state index contributed by atoms with van der Waals surface area (Å²) in [7, 11) is -0.703. The smallest absolute Gasteiger partial charge is 0.310 e. The second-order valence-electron chi connectivity index (χ2n) is 5.10. The van der Waals surface area contributed by atoms with Gasteiger partial charge in [0.05, 0.1) is 18.3 Å². The maximum Gasteiger partial charge on any atom is 0.310 e. The van der Waals surface area contributed by atoms with Gasteiger partial charge in [0.15, 0.2) is 0 Å². The standard InChI is InChI=1S/C12H24N2O4S.ClH/c1-9(8-13)14(2)19(16,17)11-7-5-4-6-10(11)12(15)18-3;/h9-11H,4-8,13H2,1-3H3;1H. The lowest BCUT2D eigenvalue weighted by molar-refractivity contribution is -0.146. The van der Waals surface area contributed by atoms with E-state index in [0.29, 0.717) is 12.8 Å². The van der Waals surface area contributed by atoms with E-state index in [1.54, 1.807) is 6.92 Å². The fourth-order valence-electron chi connectivity index (χ4n) is 2.49. The van der Waals surface area contributed by atoms with Gasteiger partial charge in [0.25, 0.3) is 0 Å². The van der Waals surface area contributed by atoms with Crippen LogP contribution in [0.2, 0.25) is 0 Å². The number of nitrogens with two attached hydrogens (primary N) is 1. The Labute approximate surface area is 127 Å². The number of halogens is 1. The fraction of sp³-hybridized carbons (Fsp3) is 0.917. The number of hydrogen-bond acceptors (Lipinski definition) is 5. The van der Waals surface area contributed by atoms with Crippen molar-refractivity contribution in [1.82, 2.24) is 4.31 Å². The number of carbonyl (C=O) groups is 1. The number of likely N-dealkylation sites (N-methyl/N-ethyl adjacent to an activating group) is 1. The molecule has 0 amide bonds. The predicted octanol–water partition coefficient (Wildman–Crippen LogP) is 0.749. The lowest BCUT2D eigenvalue weighted by atomic mass is 9.89. The van der Waals surface area contributed by atoms with Gasteiger partial charge in [-0.3, -0.25) is 4.79 Å². The van der Waals surface area contributed by atoms with Crippen LogP contribution in [-0.4, -0.2) is 50.7 Å². The number of nitrogens with zero attached hydrogens (tertiary/aromatic N) is 1. The predicted molar refractivity (Wildman–Crippen MR) is 80.2 cm³/mol. The normalized spacial score (nSPS) is 24.9. The van der Waals surface area contributed by atoms with Crippen molar-refractivity contribution < 1.29 is 17.9 Å². The molecule has 20 heavy (non-hydrogen) atoms. The number of sulfonamides is 1. The highest BCUT2D eigenvalue weighted by molar-refractivity contribution is 7.89. The Bertz CT molecular complexity index is 416. The first-order chi connectivity index (χ1) is 8.86. The van der Waals surface area contributed by atoms with Crippen LogP contribution in [0.1, 0.15) is 32.6 Å². The number of methoxy groups -OCH3 is 1. The lowest BCUT2D eigenvalue weighted by Crippen LogP contribution is -2.49. The molecule has 0 radical (unpaired) electrons. The van der Waals surface area contributed by atoms with E-state index in [4.69, 9.17) is 10.5 Å². The summed E-state index contributed by atoms with van der Waals surface area (Å²) in [5.74, 6) is -0.988. The van der Waals surface area contributed by atoms with E-state index in [1.807, 2.05) is 0 Å². The SMILES string of the molecule is COC(=O)C1CCCCC1S(=O)(=O)N(C)C(C)CN.Cl. The van der Waals surface area contributed by atoms with Crippen molar-refractivity contribution in [3.05, 3.63) is 0 Å². The lowest BCUT2D eigenvalue weighted by Gasteiger charge is -2.34. The molecule has 0 heterocycles. The Morgan fingerprint density at radius 1 is 1.40 bits per heavy atom. The third-order valence-electron chi connectivity index (χ3n) is 3.95. The van der Waals surface area contributed by atoms with Crippen molar-refractivity contribution >= 4 is 28.4 Å². The van der Waals surface area contributed by atoms with E-state index in [9.17, 15) is 13.2 Å². The van der Waals surface area contributed by atoms with Crippen LogP contribution in [0.3, 0.4) is 0 Å². The van der Waals surface area contributed by atoms with Crippen LogP contribution < -0.4 is 5.73 Å². The van der Waals surface area contributed by atoms with E-state index in [-0.39, 0.29) is 25.0 Å². The van der Waals surface area contributed by atoms with Crippen LogP contribution in [-0.2, 0) is 19.6 Å². The molecule has 0 aliphatic heterocycles. The zero-order valence-electron chi connectivity index (χ0n) is 12.2. The van der Waals surface area contributed by atoms with Gasteiger partial charge < -0.3 is 10.5 Å². The molecule has 0 aromatic rings. The van der Waals surface area contributed by atoms with Crippen LogP contribution in [0.5, 0.6) is 0 Å². The zero-order chi connectivity index (χ0) is 14.6. The molecule has 0 spiro atoms. The Balaban J connectivity index is 0.00000361. The molecule has 1 fully saturated rings. The van der Waals surface area contributed by atoms with Gasteiger partial charge in [-0.05, 0) is 19.8 Å². The number of carbonyl (C=O) groups excluding carboxylic acids is 1. The Morgan fingerprint density at radius 2 is 1.95 bits per heavy atom. The molecule has 2 N–H and O–H groups in total. The van der Waals surface area contributed by atoms with E-state index in [0.717, 1.165) is 12.8 Å². The molecule has 0 aromatic heterocycles. The molecule has 3 unspecified atom stereocenters. The Hall–Kier alpha value is -0.370. The van der Waals surface area contributed by atoms with Crippen molar-refractivity contribution in [1.29, 1.82) is 0 Å². The van der Waals surface area contributed by atoms with Crippen LogP contribution in [0, 0.1) is 5.92 Å². The zero-order valence-corrected chi connectivity index (χ0v) is 13.9. The highest BCUT2D eigenvalue weighted by Crippen LogP contribution is 2.32. The maximum absolute atomic E-state index is 12.6. The summed E-state index contributed by atoms with van der Waals surface area (Å²) in [5, 5.41) is -0.687. The molecule has 1 aliphatic carbocycles. The molecule has 0 bridgehead atoms. The second-order valence-corrected chi connectivity index (χ2v) is 7.31. The number of hydrogen-bond donors (Lipinski definition) is 1. The second kappa shape index (κ2) is 8.17. The maximum atomic E-state index is 12.6. The summed E-state index contributed by atoms with van der Waals surface area (Å²) < 4.78 is 31.2. The first-order valence-corrected chi connectivity index (χ1v) is 8.11. The Kier molecular flexibility index (Phi) is 8.01. The molecular weight excluding hydrogens is 304 g/mol. The first-order valence-electron chi connectivity index (χ1n) is 6.61. The van der Waals surface area contributed by atoms with Gasteiger partial charge in [0.1, 0.15) is 0 Å². The average Bonchev–Trinajstić information content (AvgIpc) is 2.44. The topological polar surface area (TPSA) is 89.7 Å². The molecule has 1 rings (SSSR count). The number of esters is 1. The van der Waals surface area contributed by atoms with E-state index >= 15 is 0 Å². The molecule has 3 atom stereocenters. The molecule has 8 heteroatoms. The third-order valence-corrected chi connectivity index (χ3v) is 6.44. The molecule has 1 saturated carbocycles. The molecular formula is C12H25ClN2O4S. The minimum atomic E-state index is -3.53. The third kappa shape index (κ3) is 4.07. The van der Waals surface area contributed by atoms with Gasteiger partial charge in [-0.2, -0.15) is 0 Å². The monoisotopic (exact) mass is 328 g/mol. The average molecular weight is 329 g/mol. The summed E-state index contributed by atoms with van der Waals surface area (Å²) in [6.07, 6.45) is 2.76. The van der Waals surface area contributed by atoms with Gasteiger partial charge in [0, 0.05) is 19.6 Å². The number of ether oxygens (including phenoxy) is 1. The summed E-state index contributed by atoms with van der Waals surface area (Å²) >= 11 is 0. The van der Waals surface area contributed by atoms with Crippen LogP contribution in [0.4, 0.5) is 0 Å². The van der Waals surface area contributed by atoms with Crippen molar-refractivity contribution in [2.45, 2.75) is 43.9 Å². The van der Waals surface area contributed by atoms with Crippen LogP contribution >= 0.6 is 12.4 Å². The van der Waals surface area contributed by atoms with E-state index < -0.39 is 27.2 Å². The summed E-state index contributed by atoms with van der Waals surface area (Å²) in [4.78, 5) is 11.8.